The molecule has 0 heterocycles. The van der Waals surface area contributed by atoms with E-state index >= 15 is 0 Å². The number of ether oxygens (including phenoxy) is 1. The Morgan fingerprint density at radius 1 is 1.37 bits per heavy atom. The lowest BCUT2D eigenvalue weighted by molar-refractivity contribution is 0.200. The maximum Gasteiger partial charge on any atom is 0.492 e. The van der Waals surface area contributed by atoms with Crippen molar-refractivity contribution < 1.29 is 14.8 Å². The van der Waals surface area contributed by atoms with E-state index in [2.05, 4.69) is 11.9 Å². The summed E-state index contributed by atoms with van der Waals surface area (Å²) in [5.41, 5.74) is 1.50. The van der Waals surface area contributed by atoms with Gasteiger partial charge in [-0.2, -0.15) is 0 Å². The van der Waals surface area contributed by atoms with Crippen molar-refractivity contribution in [1.82, 2.24) is 4.90 Å². The molecule has 0 spiro atoms. The maximum absolute atomic E-state index is 9.35. The number of methoxy groups -OCH3 is 1. The molecular weight excluding hydrogens is 241 g/mol. The van der Waals surface area contributed by atoms with Crippen molar-refractivity contribution in [3.8, 4) is 5.75 Å². The lowest BCUT2D eigenvalue weighted by Crippen LogP contribution is -2.33. The van der Waals surface area contributed by atoms with Crippen LogP contribution in [-0.2, 0) is 6.54 Å². The first-order valence-corrected chi connectivity index (χ1v) is 6.81. The van der Waals surface area contributed by atoms with Crippen LogP contribution in [0.25, 0.3) is 0 Å². The highest BCUT2D eigenvalue weighted by atomic mass is 16.5. The van der Waals surface area contributed by atoms with Crippen molar-refractivity contribution in [2.75, 3.05) is 20.7 Å². The van der Waals surface area contributed by atoms with Crippen LogP contribution >= 0.6 is 0 Å². The van der Waals surface area contributed by atoms with Crippen LogP contribution in [0.5, 0.6) is 5.75 Å². The molecule has 0 unspecified atom stereocenters. The average Bonchev–Trinajstić information content (AvgIpc) is 2.33. The van der Waals surface area contributed by atoms with Crippen molar-refractivity contribution in [2.45, 2.75) is 25.8 Å². The summed E-state index contributed by atoms with van der Waals surface area (Å²) in [5.74, 6) is 1.35. The van der Waals surface area contributed by atoms with Gasteiger partial charge in [-0.1, -0.05) is 18.6 Å². The summed E-state index contributed by atoms with van der Waals surface area (Å²) in [6.07, 6.45) is 4.04. The minimum atomic E-state index is -1.49. The van der Waals surface area contributed by atoms with Gasteiger partial charge < -0.3 is 19.7 Å². The predicted octanol–water partition coefficient (Wildman–Crippen LogP) is 0.607. The van der Waals surface area contributed by atoms with Crippen molar-refractivity contribution >= 4 is 12.6 Å². The fraction of sp³-hybridized carbons (Fsp3) is 0.571. The second-order valence-corrected chi connectivity index (χ2v) is 5.44. The number of hydrogen-bond donors (Lipinski definition) is 2. The molecule has 1 aliphatic rings. The second-order valence-electron chi connectivity index (χ2n) is 5.44. The molecule has 0 saturated heterocycles. The number of rotatable bonds is 6. The summed E-state index contributed by atoms with van der Waals surface area (Å²) < 4.78 is 5.12. The fourth-order valence-electron chi connectivity index (χ4n) is 2.58. The molecule has 0 bridgehead atoms. The molecule has 104 valence electrons. The summed E-state index contributed by atoms with van der Waals surface area (Å²) in [5, 5.41) is 18.7. The molecule has 1 fully saturated rings. The topological polar surface area (TPSA) is 52.9 Å². The van der Waals surface area contributed by atoms with Crippen molar-refractivity contribution in [2.24, 2.45) is 5.92 Å². The van der Waals surface area contributed by atoms with Gasteiger partial charge in [0.2, 0.25) is 0 Å². The van der Waals surface area contributed by atoms with Gasteiger partial charge >= 0.3 is 7.12 Å². The van der Waals surface area contributed by atoms with E-state index in [1.165, 1.54) is 26.4 Å². The third-order valence-corrected chi connectivity index (χ3v) is 3.82. The van der Waals surface area contributed by atoms with Gasteiger partial charge in [0, 0.05) is 18.6 Å². The van der Waals surface area contributed by atoms with Gasteiger partial charge in [-0.25, -0.2) is 0 Å². The molecule has 2 N–H and O–H groups in total. The Hall–Kier alpha value is -1.04. The summed E-state index contributed by atoms with van der Waals surface area (Å²) in [6, 6.07) is 5.57. The first-order valence-electron chi connectivity index (χ1n) is 6.81. The van der Waals surface area contributed by atoms with E-state index in [9.17, 15) is 10.0 Å². The van der Waals surface area contributed by atoms with Gasteiger partial charge in [-0.15, -0.1) is 0 Å². The van der Waals surface area contributed by atoms with Crippen molar-refractivity contribution in [3.63, 3.8) is 0 Å². The molecule has 0 aromatic heterocycles. The summed E-state index contributed by atoms with van der Waals surface area (Å²) in [4.78, 5) is 2.29. The first kappa shape index (κ1) is 14.4. The van der Waals surface area contributed by atoms with Gasteiger partial charge in [0.25, 0.3) is 0 Å². The first-order chi connectivity index (χ1) is 9.10. The summed E-state index contributed by atoms with van der Waals surface area (Å²) in [6.45, 7) is 1.93. The van der Waals surface area contributed by atoms with Crippen LogP contribution in [0.15, 0.2) is 18.2 Å². The second kappa shape index (κ2) is 6.41. The number of hydrogen-bond acceptors (Lipinski definition) is 4. The summed E-state index contributed by atoms with van der Waals surface area (Å²) in [7, 11) is 2.15. The van der Waals surface area contributed by atoms with E-state index in [-0.39, 0.29) is 0 Å². The molecule has 1 aromatic rings. The van der Waals surface area contributed by atoms with Crippen LogP contribution in [0, 0.1) is 5.92 Å². The third kappa shape index (κ3) is 3.72. The molecule has 0 radical (unpaired) electrons. The molecule has 1 saturated carbocycles. The molecule has 0 amide bonds. The molecule has 2 rings (SSSR count). The molecule has 1 aromatic carbocycles. The molecule has 5 heteroatoms. The van der Waals surface area contributed by atoms with Crippen LogP contribution in [-0.4, -0.2) is 42.8 Å². The normalized spacial score (nSPS) is 15.4. The molecule has 0 aliphatic heterocycles. The quantitative estimate of drug-likeness (QED) is 0.738. The largest absolute Gasteiger partial charge is 0.497 e. The van der Waals surface area contributed by atoms with E-state index in [1.807, 2.05) is 6.07 Å². The Kier molecular flexibility index (Phi) is 4.85. The van der Waals surface area contributed by atoms with Crippen LogP contribution in [0.2, 0.25) is 0 Å². The zero-order valence-corrected chi connectivity index (χ0v) is 11.7. The Bertz CT molecular complexity index is 421. The highest BCUT2D eigenvalue weighted by Crippen LogP contribution is 2.27. The molecular formula is C14H22BNO3. The van der Waals surface area contributed by atoms with Gasteiger partial charge in [0.1, 0.15) is 5.75 Å². The number of benzene rings is 1. The van der Waals surface area contributed by atoms with Crippen LogP contribution < -0.4 is 10.2 Å². The van der Waals surface area contributed by atoms with Gasteiger partial charge in [-0.05, 0) is 37.4 Å². The monoisotopic (exact) mass is 263 g/mol. The van der Waals surface area contributed by atoms with E-state index in [1.54, 1.807) is 12.1 Å². The molecule has 4 nitrogen and oxygen atoms in total. The highest BCUT2D eigenvalue weighted by Gasteiger charge is 2.20. The van der Waals surface area contributed by atoms with Gasteiger partial charge in [0.15, 0.2) is 0 Å². The standard InChI is InChI=1S/C14H22BNO3/c1-16(9-11-4-3-5-11)10-12-6-7-14(19-2)13(8-12)15(17)18/h6-8,11,17-18H,3-5,9-10H2,1-2H3. The van der Waals surface area contributed by atoms with E-state index in [0.717, 1.165) is 24.6 Å². The molecule has 1 aliphatic carbocycles. The fourth-order valence-corrected chi connectivity index (χ4v) is 2.58. The van der Waals surface area contributed by atoms with Crippen LogP contribution in [0.3, 0.4) is 0 Å². The Labute approximate surface area is 115 Å². The highest BCUT2D eigenvalue weighted by molar-refractivity contribution is 6.59. The van der Waals surface area contributed by atoms with Gasteiger partial charge in [-0.3, -0.25) is 0 Å². The summed E-state index contributed by atoms with van der Waals surface area (Å²) >= 11 is 0. The van der Waals surface area contributed by atoms with Gasteiger partial charge in [0.05, 0.1) is 7.11 Å². The Balaban J connectivity index is 2.01. The van der Waals surface area contributed by atoms with Crippen molar-refractivity contribution in [3.05, 3.63) is 23.8 Å². The lowest BCUT2D eigenvalue weighted by atomic mass is 9.78. The maximum atomic E-state index is 9.35. The number of nitrogens with zero attached hydrogens (tertiary/aromatic N) is 1. The van der Waals surface area contributed by atoms with Crippen LogP contribution in [0.1, 0.15) is 24.8 Å². The minimum absolute atomic E-state index is 0.428. The Morgan fingerprint density at radius 2 is 2.11 bits per heavy atom. The molecule has 0 atom stereocenters. The lowest BCUT2D eigenvalue weighted by Gasteiger charge is -2.30. The third-order valence-electron chi connectivity index (χ3n) is 3.82. The van der Waals surface area contributed by atoms with E-state index in [4.69, 9.17) is 4.74 Å². The predicted molar refractivity (Wildman–Crippen MR) is 76.5 cm³/mol. The molecule has 19 heavy (non-hydrogen) atoms. The zero-order valence-electron chi connectivity index (χ0n) is 11.7. The Morgan fingerprint density at radius 3 is 2.63 bits per heavy atom. The van der Waals surface area contributed by atoms with E-state index < -0.39 is 7.12 Å². The average molecular weight is 263 g/mol. The van der Waals surface area contributed by atoms with Crippen molar-refractivity contribution in [1.29, 1.82) is 0 Å². The van der Waals surface area contributed by atoms with E-state index in [0.29, 0.717) is 11.2 Å². The SMILES string of the molecule is COc1ccc(CN(C)CC2CCC2)cc1B(O)O. The minimum Gasteiger partial charge on any atom is -0.497 e. The van der Waals surface area contributed by atoms with Crippen LogP contribution in [0.4, 0.5) is 0 Å². The zero-order chi connectivity index (χ0) is 13.8. The smallest absolute Gasteiger partial charge is 0.492 e.